The Bertz CT molecular complexity index is 655. The van der Waals surface area contributed by atoms with E-state index in [1.54, 1.807) is 18.2 Å². The molecule has 1 N–H and O–H groups in total. The van der Waals surface area contributed by atoms with Crippen molar-refractivity contribution in [3.63, 3.8) is 0 Å². The van der Waals surface area contributed by atoms with Gasteiger partial charge in [0.1, 0.15) is 5.82 Å². The highest BCUT2D eigenvalue weighted by atomic mass is 19.1. The summed E-state index contributed by atoms with van der Waals surface area (Å²) in [4.78, 5) is 5.75. The van der Waals surface area contributed by atoms with Crippen molar-refractivity contribution in [1.29, 1.82) is 0 Å². The second kappa shape index (κ2) is 6.10. The number of pyridine rings is 1. The molecule has 116 valence electrons. The molecule has 0 saturated carbocycles. The molecule has 0 amide bonds. The van der Waals surface area contributed by atoms with Crippen LogP contribution < -0.4 is 0 Å². The first-order valence-electron chi connectivity index (χ1n) is 7.37. The molecule has 22 heavy (non-hydrogen) atoms. The summed E-state index contributed by atoms with van der Waals surface area (Å²) >= 11 is 0. The number of benzene rings is 1. The van der Waals surface area contributed by atoms with E-state index in [1.807, 2.05) is 6.07 Å². The van der Waals surface area contributed by atoms with E-state index in [2.05, 4.69) is 9.88 Å². The summed E-state index contributed by atoms with van der Waals surface area (Å²) in [5, 5.41) is 10.7. The number of aliphatic hydroxyl groups is 1. The van der Waals surface area contributed by atoms with Crippen molar-refractivity contribution < 1.29 is 13.9 Å². The summed E-state index contributed by atoms with van der Waals surface area (Å²) in [6.07, 6.45) is 2.25. The van der Waals surface area contributed by atoms with Gasteiger partial charge in [-0.1, -0.05) is 18.2 Å². The summed E-state index contributed by atoms with van der Waals surface area (Å²) in [6.45, 7) is 1.88. The minimum atomic E-state index is -1.17. The van der Waals surface area contributed by atoms with Gasteiger partial charge in [-0.2, -0.15) is 4.39 Å². The molecule has 2 heterocycles. The van der Waals surface area contributed by atoms with Crippen molar-refractivity contribution in [2.75, 3.05) is 13.1 Å². The van der Waals surface area contributed by atoms with Crippen molar-refractivity contribution in [3.8, 4) is 0 Å². The van der Waals surface area contributed by atoms with Gasteiger partial charge in [0.05, 0.1) is 5.60 Å². The van der Waals surface area contributed by atoms with Crippen molar-refractivity contribution >= 4 is 0 Å². The Labute approximate surface area is 128 Å². The molecule has 5 heteroatoms. The van der Waals surface area contributed by atoms with Crippen LogP contribution in [0, 0.1) is 11.8 Å². The van der Waals surface area contributed by atoms with E-state index < -0.39 is 11.5 Å². The maximum Gasteiger partial charge on any atom is 0.218 e. The first-order valence-corrected chi connectivity index (χ1v) is 7.37. The second-order valence-corrected chi connectivity index (χ2v) is 5.78. The molecule has 1 fully saturated rings. The van der Waals surface area contributed by atoms with Crippen LogP contribution in [-0.2, 0) is 12.1 Å². The molecule has 2 aromatic rings. The van der Waals surface area contributed by atoms with Gasteiger partial charge in [0.25, 0.3) is 0 Å². The predicted octanol–water partition coefficient (Wildman–Crippen LogP) is 2.84. The monoisotopic (exact) mass is 304 g/mol. The van der Waals surface area contributed by atoms with E-state index in [9.17, 15) is 13.9 Å². The third kappa shape index (κ3) is 3.15. The second-order valence-electron chi connectivity index (χ2n) is 5.78. The number of hydrogen-bond donors (Lipinski definition) is 1. The van der Waals surface area contributed by atoms with Gasteiger partial charge in [0.15, 0.2) is 0 Å². The molecule has 0 radical (unpaired) electrons. The highest BCUT2D eigenvalue weighted by Gasteiger charge is 2.36. The zero-order valence-corrected chi connectivity index (χ0v) is 12.2. The molecule has 0 aliphatic carbocycles. The highest BCUT2D eigenvalue weighted by molar-refractivity contribution is 5.21. The van der Waals surface area contributed by atoms with Crippen molar-refractivity contribution in [2.24, 2.45) is 0 Å². The molecule has 0 unspecified atom stereocenters. The third-order valence-electron chi connectivity index (χ3n) is 4.24. The van der Waals surface area contributed by atoms with Crippen LogP contribution in [0.15, 0.2) is 42.6 Å². The fourth-order valence-corrected chi connectivity index (χ4v) is 2.98. The molecule has 1 aliphatic heterocycles. The van der Waals surface area contributed by atoms with E-state index in [1.165, 1.54) is 18.3 Å². The Morgan fingerprint density at radius 3 is 2.59 bits per heavy atom. The average Bonchev–Trinajstić information content (AvgIpc) is 2.50. The summed E-state index contributed by atoms with van der Waals surface area (Å²) in [6, 6.07) is 9.73. The first-order chi connectivity index (χ1) is 10.6. The quantitative estimate of drug-likeness (QED) is 0.886. The molecule has 3 rings (SSSR count). The van der Waals surface area contributed by atoms with Gasteiger partial charge in [0, 0.05) is 31.4 Å². The van der Waals surface area contributed by atoms with Crippen molar-refractivity contribution in [3.05, 3.63) is 65.5 Å². The van der Waals surface area contributed by atoms with Gasteiger partial charge in [-0.25, -0.2) is 9.37 Å². The minimum Gasteiger partial charge on any atom is -0.385 e. The molecule has 1 aromatic heterocycles. The van der Waals surface area contributed by atoms with E-state index in [-0.39, 0.29) is 11.4 Å². The number of nitrogens with zero attached hydrogens (tertiary/aromatic N) is 2. The lowest BCUT2D eigenvalue weighted by Crippen LogP contribution is -2.42. The van der Waals surface area contributed by atoms with Crippen LogP contribution in [0.1, 0.15) is 24.0 Å². The molecule has 3 nitrogen and oxygen atoms in total. The van der Waals surface area contributed by atoms with Crippen molar-refractivity contribution in [1.82, 2.24) is 9.88 Å². The minimum absolute atomic E-state index is 0.247. The maximum atomic E-state index is 13.8. The molecule has 0 bridgehead atoms. The number of piperidine rings is 1. The molecular formula is C17H18F2N2O. The Morgan fingerprint density at radius 2 is 1.91 bits per heavy atom. The largest absolute Gasteiger partial charge is 0.385 e. The molecule has 0 spiro atoms. The normalized spacial score (nSPS) is 18.3. The lowest BCUT2D eigenvalue weighted by molar-refractivity contribution is -0.0308. The zero-order chi connectivity index (χ0) is 15.6. The van der Waals surface area contributed by atoms with E-state index in [0.29, 0.717) is 32.5 Å². The number of rotatable bonds is 3. The standard InChI is InChI=1S/C17H18F2N2O/c18-14-4-1-3-13(11-14)12-21-9-6-17(22,7-10-21)15-5-2-8-20-16(15)19/h1-5,8,11,22H,6-7,9-10,12H2. The van der Waals surface area contributed by atoms with Gasteiger partial charge in [0.2, 0.25) is 5.95 Å². The Hall–Kier alpha value is -1.85. The first kappa shape index (κ1) is 15.1. The summed E-state index contributed by atoms with van der Waals surface area (Å²) in [5.41, 5.74) is -0.00467. The van der Waals surface area contributed by atoms with Crippen LogP contribution >= 0.6 is 0 Å². The molecule has 1 saturated heterocycles. The summed E-state index contributed by atoms with van der Waals surface area (Å²) in [5.74, 6) is -0.855. The van der Waals surface area contributed by atoms with E-state index in [0.717, 1.165) is 5.56 Å². The highest BCUT2D eigenvalue weighted by Crippen LogP contribution is 2.34. The Kier molecular flexibility index (Phi) is 4.18. The van der Waals surface area contributed by atoms with E-state index >= 15 is 0 Å². The van der Waals surface area contributed by atoms with Crippen LogP contribution in [0.5, 0.6) is 0 Å². The SMILES string of the molecule is OC1(c2cccnc2F)CCN(Cc2cccc(F)c2)CC1. The van der Waals surface area contributed by atoms with Crippen LogP contribution in [0.4, 0.5) is 8.78 Å². The van der Waals surface area contributed by atoms with Crippen LogP contribution in [-0.4, -0.2) is 28.1 Å². The molecular weight excluding hydrogens is 286 g/mol. The van der Waals surface area contributed by atoms with Crippen molar-refractivity contribution in [2.45, 2.75) is 25.0 Å². The topological polar surface area (TPSA) is 36.4 Å². The fourth-order valence-electron chi connectivity index (χ4n) is 2.98. The maximum absolute atomic E-state index is 13.8. The van der Waals surface area contributed by atoms with Crippen LogP contribution in [0.2, 0.25) is 0 Å². The van der Waals surface area contributed by atoms with Gasteiger partial charge < -0.3 is 5.11 Å². The number of halogens is 2. The Morgan fingerprint density at radius 1 is 1.14 bits per heavy atom. The number of likely N-dealkylation sites (tertiary alicyclic amines) is 1. The van der Waals surface area contributed by atoms with Gasteiger partial charge >= 0.3 is 0 Å². The smallest absolute Gasteiger partial charge is 0.218 e. The zero-order valence-electron chi connectivity index (χ0n) is 12.2. The van der Waals surface area contributed by atoms with Gasteiger partial charge in [-0.3, -0.25) is 4.90 Å². The molecule has 1 aliphatic rings. The molecule has 1 aromatic carbocycles. The summed E-state index contributed by atoms with van der Waals surface area (Å²) < 4.78 is 27.0. The van der Waals surface area contributed by atoms with E-state index in [4.69, 9.17) is 0 Å². The predicted molar refractivity (Wildman–Crippen MR) is 79.0 cm³/mol. The van der Waals surface area contributed by atoms with Gasteiger partial charge in [-0.05, 0) is 36.6 Å². The lowest BCUT2D eigenvalue weighted by Gasteiger charge is -2.38. The van der Waals surface area contributed by atoms with Crippen LogP contribution in [0.3, 0.4) is 0 Å². The third-order valence-corrected chi connectivity index (χ3v) is 4.24. The fraction of sp³-hybridized carbons (Fsp3) is 0.353. The number of aromatic nitrogens is 1. The lowest BCUT2D eigenvalue weighted by atomic mass is 9.85. The van der Waals surface area contributed by atoms with Gasteiger partial charge in [-0.15, -0.1) is 0 Å². The number of hydrogen-bond acceptors (Lipinski definition) is 3. The molecule has 0 atom stereocenters. The van der Waals surface area contributed by atoms with Crippen LogP contribution in [0.25, 0.3) is 0 Å². The average molecular weight is 304 g/mol. The summed E-state index contributed by atoms with van der Waals surface area (Å²) in [7, 11) is 0. The Balaban J connectivity index is 1.66.